The maximum Gasteiger partial charge on any atom is 0.213 e. The second kappa shape index (κ2) is 3.34. The minimum absolute atomic E-state index is 0.407. The Morgan fingerprint density at radius 3 is 2.92 bits per heavy atom. The van der Waals surface area contributed by atoms with E-state index in [1.165, 1.54) is 0 Å². The molecular weight excluding hydrogens is 166 g/mol. The standard InChI is InChI=1S/C10H13NO2/c1-13-9-4-2-3-8(11-9)10(12)7-5-6-7/h2-4,7,10,12H,5-6H2,1H3. The summed E-state index contributed by atoms with van der Waals surface area (Å²) in [5.74, 6) is 0.983. The Labute approximate surface area is 77.4 Å². The molecule has 0 aromatic carbocycles. The molecule has 0 bridgehead atoms. The summed E-state index contributed by atoms with van der Waals surface area (Å²) < 4.78 is 4.98. The van der Waals surface area contributed by atoms with Gasteiger partial charge in [-0.2, -0.15) is 0 Å². The Bertz CT molecular complexity index is 297. The van der Waals surface area contributed by atoms with Crippen LogP contribution in [0.5, 0.6) is 5.88 Å². The van der Waals surface area contributed by atoms with Crippen LogP contribution in [0, 0.1) is 5.92 Å². The van der Waals surface area contributed by atoms with Gasteiger partial charge in [0, 0.05) is 6.07 Å². The molecule has 2 rings (SSSR count). The van der Waals surface area contributed by atoms with Gasteiger partial charge in [-0.3, -0.25) is 0 Å². The molecule has 13 heavy (non-hydrogen) atoms. The predicted molar refractivity (Wildman–Crippen MR) is 48.5 cm³/mol. The van der Waals surface area contributed by atoms with Crippen LogP contribution in [0.1, 0.15) is 24.6 Å². The van der Waals surface area contributed by atoms with E-state index in [2.05, 4.69) is 4.98 Å². The second-order valence-electron chi connectivity index (χ2n) is 3.39. The van der Waals surface area contributed by atoms with Gasteiger partial charge in [0.15, 0.2) is 0 Å². The third-order valence-electron chi connectivity index (χ3n) is 2.33. The van der Waals surface area contributed by atoms with Crippen molar-refractivity contribution in [2.45, 2.75) is 18.9 Å². The quantitative estimate of drug-likeness (QED) is 0.765. The van der Waals surface area contributed by atoms with Crippen LogP contribution in [-0.2, 0) is 0 Å². The lowest BCUT2D eigenvalue weighted by molar-refractivity contribution is 0.148. The van der Waals surface area contributed by atoms with Crippen molar-refractivity contribution in [2.24, 2.45) is 5.92 Å². The summed E-state index contributed by atoms with van der Waals surface area (Å²) in [4.78, 5) is 4.18. The number of ether oxygens (including phenoxy) is 1. The van der Waals surface area contributed by atoms with Crippen molar-refractivity contribution < 1.29 is 9.84 Å². The van der Waals surface area contributed by atoms with E-state index in [1.807, 2.05) is 12.1 Å². The maximum absolute atomic E-state index is 9.76. The number of hydrogen-bond acceptors (Lipinski definition) is 3. The first-order chi connectivity index (χ1) is 6.31. The first-order valence-corrected chi connectivity index (χ1v) is 4.50. The fourth-order valence-corrected chi connectivity index (χ4v) is 1.36. The van der Waals surface area contributed by atoms with Crippen LogP contribution < -0.4 is 4.74 Å². The van der Waals surface area contributed by atoms with Gasteiger partial charge in [-0.1, -0.05) is 6.07 Å². The predicted octanol–water partition coefficient (Wildman–Crippen LogP) is 1.53. The zero-order valence-corrected chi connectivity index (χ0v) is 7.60. The highest BCUT2D eigenvalue weighted by molar-refractivity contribution is 5.18. The van der Waals surface area contributed by atoms with E-state index >= 15 is 0 Å². The van der Waals surface area contributed by atoms with Crippen LogP contribution in [0.4, 0.5) is 0 Å². The molecule has 3 heteroatoms. The summed E-state index contributed by atoms with van der Waals surface area (Å²) in [7, 11) is 1.58. The fourth-order valence-electron chi connectivity index (χ4n) is 1.36. The molecule has 0 aliphatic heterocycles. The minimum atomic E-state index is -0.407. The van der Waals surface area contributed by atoms with Gasteiger partial charge in [0.1, 0.15) is 0 Å². The average molecular weight is 179 g/mol. The molecule has 1 saturated carbocycles. The van der Waals surface area contributed by atoms with Gasteiger partial charge >= 0.3 is 0 Å². The smallest absolute Gasteiger partial charge is 0.213 e. The number of nitrogens with zero attached hydrogens (tertiary/aromatic N) is 1. The van der Waals surface area contributed by atoms with Crippen molar-refractivity contribution in [3.8, 4) is 5.88 Å². The highest BCUT2D eigenvalue weighted by atomic mass is 16.5. The third-order valence-corrected chi connectivity index (χ3v) is 2.33. The molecule has 1 heterocycles. The van der Waals surface area contributed by atoms with Crippen LogP contribution in [0.2, 0.25) is 0 Å². The average Bonchev–Trinajstić information content (AvgIpc) is 3.00. The number of aromatic nitrogens is 1. The van der Waals surface area contributed by atoms with Gasteiger partial charge in [0.25, 0.3) is 0 Å². The lowest BCUT2D eigenvalue weighted by Crippen LogP contribution is -2.03. The largest absolute Gasteiger partial charge is 0.481 e. The van der Waals surface area contributed by atoms with Crippen molar-refractivity contribution in [3.05, 3.63) is 23.9 Å². The molecule has 0 spiro atoms. The van der Waals surface area contributed by atoms with E-state index in [0.29, 0.717) is 11.8 Å². The molecule has 1 aromatic rings. The molecule has 1 unspecified atom stereocenters. The third kappa shape index (κ3) is 1.80. The van der Waals surface area contributed by atoms with Gasteiger partial charge in [0.2, 0.25) is 5.88 Å². The molecule has 1 aromatic heterocycles. The monoisotopic (exact) mass is 179 g/mol. The molecule has 0 radical (unpaired) electrons. The van der Waals surface area contributed by atoms with E-state index in [4.69, 9.17) is 4.74 Å². The molecule has 1 aliphatic carbocycles. The molecule has 1 aliphatic rings. The van der Waals surface area contributed by atoms with E-state index in [0.717, 1.165) is 18.5 Å². The normalized spacial score (nSPS) is 18.3. The van der Waals surface area contributed by atoms with E-state index in [-0.39, 0.29) is 0 Å². The van der Waals surface area contributed by atoms with Gasteiger partial charge in [0.05, 0.1) is 18.9 Å². The SMILES string of the molecule is COc1cccc(C(O)C2CC2)n1. The van der Waals surface area contributed by atoms with Crippen molar-refractivity contribution in [1.82, 2.24) is 4.98 Å². The van der Waals surface area contributed by atoms with E-state index < -0.39 is 6.10 Å². The van der Waals surface area contributed by atoms with Gasteiger partial charge in [-0.25, -0.2) is 4.98 Å². The van der Waals surface area contributed by atoms with Gasteiger partial charge in [-0.15, -0.1) is 0 Å². The molecule has 1 N–H and O–H groups in total. The topological polar surface area (TPSA) is 42.4 Å². The van der Waals surface area contributed by atoms with E-state index in [1.54, 1.807) is 13.2 Å². The van der Waals surface area contributed by atoms with Crippen LogP contribution >= 0.6 is 0 Å². The highest BCUT2D eigenvalue weighted by Crippen LogP contribution is 2.40. The van der Waals surface area contributed by atoms with Crippen molar-refractivity contribution in [1.29, 1.82) is 0 Å². The van der Waals surface area contributed by atoms with Crippen LogP contribution in [0.3, 0.4) is 0 Å². The summed E-state index contributed by atoms with van der Waals surface area (Å²) in [6, 6.07) is 5.47. The summed E-state index contributed by atoms with van der Waals surface area (Å²) in [5.41, 5.74) is 0.724. The van der Waals surface area contributed by atoms with E-state index in [9.17, 15) is 5.11 Å². The molecule has 3 nitrogen and oxygen atoms in total. The number of pyridine rings is 1. The Morgan fingerprint density at radius 1 is 1.54 bits per heavy atom. The summed E-state index contributed by atoms with van der Waals surface area (Å²) in [6.45, 7) is 0. The lowest BCUT2D eigenvalue weighted by atomic mass is 10.1. The molecule has 1 fully saturated rings. The number of aliphatic hydroxyl groups excluding tert-OH is 1. The summed E-state index contributed by atoms with van der Waals surface area (Å²) >= 11 is 0. The first-order valence-electron chi connectivity index (χ1n) is 4.50. The van der Waals surface area contributed by atoms with Gasteiger partial charge < -0.3 is 9.84 Å². The van der Waals surface area contributed by atoms with Crippen LogP contribution in [-0.4, -0.2) is 17.2 Å². The van der Waals surface area contributed by atoms with Crippen LogP contribution in [0.15, 0.2) is 18.2 Å². The maximum atomic E-state index is 9.76. The fraction of sp³-hybridized carbons (Fsp3) is 0.500. The van der Waals surface area contributed by atoms with Crippen LogP contribution in [0.25, 0.3) is 0 Å². The molecule has 0 amide bonds. The number of methoxy groups -OCH3 is 1. The Kier molecular flexibility index (Phi) is 2.19. The Morgan fingerprint density at radius 2 is 2.31 bits per heavy atom. The zero-order chi connectivity index (χ0) is 9.26. The molecule has 0 saturated heterocycles. The molecule has 1 atom stereocenters. The van der Waals surface area contributed by atoms with Crippen molar-refractivity contribution >= 4 is 0 Å². The highest BCUT2D eigenvalue weighted by Gasteiger charge is 2.31. The zero-order valence-electron chi connectivity index (χ0n) is 7.60. The lowest BCUT2D eigenvalue weighted by Gasteiger charge is -2.08. The molecular formula is C10H13NO2. The molecule has 70 valence electrons. The number of rotatable bonds is 3. The van der Waals surface area contributed by atoms with Gasteiger partial charge in [-0.05, 0) is 24.8 Å². The first kappa shape index (κ1) is 8.51. The number of hydrogen-bond donors (Lipinski definition) is 1. The summed E-state index contributed by atoms with van der Waals surface area (Å²) in [6.07, 6.45) is 1.82. The number of aliphatic hydroxyl groups is 1. The van der Waals surface area contributed by atoms with Crippen molar-refractivity contribution in [2.75, 3.05) is 7.11 Å². The Hall–Kier alpha value is -1.09. The Balaban J connectivity index is 2.18. The van der Waals surface area contributed by atoms with Crippen molar-refractivity contribution in [3.63, 3.8) is 0 Å². The summed E-state index contributed by atoms with van der Waals surface area (Å²) in [5, 5.41) is 9.76. The second-order valence-corrected chi connectivity index (χ2v) is 3.39. The minimum Gasteiger partial charge on any atom is -0.481 e.